The second-order valence-corrected chi connectivity index (χ2v) is 6.16. The summed E-state index contributed by atoms with van der Waals surface area (Å²) in [7, 11) is 0. The summed E-state index contributed by atoms with van der Waals surface area (Å²) in [6.07, 6.45) is 0. The first-order valence-corrected chi connectivity index (χ1v) is 7.06. The summed E-state index contributed by atoms with van der Waals surface area (Å²) in [6.45, 7) is 7.31. The van der Waals surface area contributed by atoms with Gasteiger partial charge in [-0.15, -0.1) is 0 Å². The van der Waals surface area contributed by atoms with Gasteiger partial charge >= 0.3 is 0 Å². The molecular weight excluding hydrogens is 238 g/mol. The number of hydrogen-bond acceptors (Lipinski definition) is 2. The quantitative estimate of drug-likeness (QED) is 0.860. The molecule has 0 aliphatic heterocycles. The van der Waals surface area contributed by atoms with Gasteiger partial charge in [-0.25, -0.2) is 0 Å². The molecule has 0 fully saturated rings. The summed E-state index contributed by atoms with van der Waals surface area (Å²) in [5, 5.41) is 1.50. The van der Waals surface area contributed by atoms with E-state index in [0.717, 1.165) is 16.3 Å². The average molecular weight is 258 g/mol. The van der Waals surface area contributed by atoms with E-state index in [1.54, 1.807) is 0 Å². The van der Waals surface area contributed by atoms with Crippen LogP contribution in [-0.2, 0) is 12.3 Å². The normalized spacial score (nSPS) is 13.1. The van der Waals surface area contributed by atoms with E-state index in [-0.39, 0.29) is 0 Å². The minimum absolute atomic E-state index is 0.551. The highest BCUT2D eigenvalue weighted by atomic mass is 35.5. The molecule has 1 atom stereocenters. The van der Waals surface area contributed by atoms with Crippen molar-refractivity contribution in [2.45, 2.75) is 38.3 Å². The van der Waals surface area contributed by atoms with Crippen LogP contribution in [0.3, 0.4) is 0 Å². The zero-order valence-electron chi connectivity index (χ0n) is 10.2. The molecule has 1 rings (SSSR count). The van der Waals surface area contributed by atoms with Gasteiger partial charge in [-0.1, -0.05) is 44.5 Å². The van der Waals surface area contributed by atoms with Crippen molar-refractivity contribution in [1.82, 2.24) is 0 Å². The van der Waals surface area contributed by atoms with Gasteiger partial charge in [0, 0.05) is 22.6 Å². The Labute approximate surface area is 108 Å². The first-order chi connectivity index (χ1) is 7.54. The molecule has 0 aliphatic rings. The molecule has 0 amide bonds. The fourth-order valence-corrected chi connectivity index (χ4v) is 2.68. The maximum atomic E-state index is 6.20. The topological polar surface area (TPSA) is 26.0 Å². The highest BCUT2D eigenvalue weighted by molar-refractivity contribution is 7.99. The smallest absolute Gasteiger partial charge is 0.0449 e. The van der Waals surface area contributed by atoms with Crippen LogP contribution >= 0.6 is 23.4 Å². The van der Waals surface area contributed by atoms with Crippen molar-refractivity contribution in [1.29, 1.82) is 0 Å². The number of nitrogens with two attached hydrogens (primary N) is 1. The zero-order chi connectivity index (χ0) is 12.1. The Morgan fingerprint density at radius 1 is 1.31 bits per heavy atom. The molecule has 0 spiro atoms. The Kier molecular flexibility index (Phi) is 5.67. The first-order valence-electron chi connectivity index (χ1n) is 5.63. The number of halogens is 1. The van der Waals surface area contributed by atoms with Gasteiger partial charge in [0.2, 0.25) is 0 Å². The Hall–Kier alpha value is -0.180. The fraction of sp³-hybridized carbons (Fsp3) is 0.538. The molecule has 0 saturated heterocycles. The van der Waals surface area contributed by atoms with Crippen molar-refractivity contribution < 1.29 is 0 Å². The van der Waals surface area contributed by atoms with E-state index in [1.807, 2.05) is 17.8 Å². The van der Waals surface area contributed by atoms with Gasteiger partial charge in [-0.3, -0.25) is 0 Å². The zero-order valence-corrected chi connectivity index (χ0v) is 11.7. The van der Waals surface area contributed by atoms with E-state index in [2.05, 4.69) is 32.9 Å². The van der Waals surface area contributed by atoms with Crippen LogP contribution in [0.2, 0.25) is 5.02 Å². The van der Waals surface area contributed by atoms with Crippen molar-refractivity contribution in [3.63, 3.8) is 0 Å². The molecule has 0 aromatic heterocycles. The number of benzene rings is 1. The standard InChI is InChI=1S/C13H20ClNS/c1-9(2)10(3)16-8-12-5-4-11(7-15)6-13(12)14/h4-6,9-10H,7-8,15H2,1-3H3. The van der Waals surface area contributed by atoms with E-state index in [9.17, 15) is 0 Å². The summed E-state index contributed by atoms with van der Waals surface area (Å²) in [6, 6.07) is 6.11. The summed E-state index contributed by atoms with van der Waals surface area (Å²) in [4.78, 5) is 0. The largest absolute Gasteiger partial charge is 0.326 e. The first kappa shape index (κ1) is 13.9. The van der Waals surface area contributed by atoms with Crippen LogP contribution in [0, 0.1) is 5.92 Å². The van der Waals surface area contributed by atoms with Gasteiger partial charge in [0.15, 0.2) is 0 Å². The van der Waals surface area contributed by atoms with Crippen molar-refractivity contribution >= 4 is 23.4 Å². The summed E-state index contributed by atoms with van der Waals surface area (Å²) in [5.41, 5.74) is 7.87. The van der Waals surface area contributed by atoms with Crippen molar-refractivity contribution in [2.75, 3.05) is 0 Å². The van der Waals surface area contributed by atoms with Gasteiger partial charge < -0.3 is 5.73 Å². The molecule has 16 heavy (non-hydrogen) atoms. The average Bonchev–Trinajstić information content (AvgIpc) is 2.26. The fourth-order valence-electron chi connectivity index (χ4n) is 1.25. The molecule has 3 heteroatoms. The second kappa shape index (κ2) is 6.53. The minimum Gasteiger partial charge on any atom is -0.326 e. The third-order valence-electron chi connectivity index (χ3n) is 2.79. The van der Waals surface area contributed by atoms with Gasteiger partial charge in [-0.05, 0) is 23.1 Å². The monoisotopic (exact) mass is 257 g/mol. The third kappa shape index (κ3) is 4.00. The lowest BCUT2D eigenvalue weighted by Crippen LogP contribution is -2.06. The number of rotatable bonds is 5. The second-order valence-electron chi connectivity index (χ2n) is 4.39. The lowest BCUT2D eigenvalue weighted by Gasteiger charge is -2.15. The van der Waals surface area contributed by atoms with Gasteiger partial charge in [0.25, 0.3) is 0 Å². The van der Waals surface area contributed by atoms with Crippen molar-refractivity contribution in [3.8, 4) is 0 Å². The Morgan fingerprint density at radius 2 is 2.00 bits per heavy atom. The molecule has 90 valence electrons. The van der Waals surface area contributed by atoms with Crippen LogP contribution < -0.4 is 5.73 Å². The van der Waals surface area contributed by atoms with Crippen LogP contribution in [0.1, 0.15) is 31.9 Å². The SMILES string of the molecule is CC(C)C(C)SCc1ccc(CN)cc1Cl. The predicted molar refractivity (Wildman–Crippen MR) is 74.9 cm³/mol. The van der Waals surface area contributed by atoms with Crippen molar-refractivity contribution in [3.05, 3.63) is 34.3 Å². The minimum atomic E-state index is 0.551. The molecule has 0 aliphatic carbocycles. The van der Waals surface area contributed by atoms with Crippen LogP contribution in [0.25, 0.3) is 0 Å². The molecule has 1 unspecified atom stereocenters. The predicted octanol–water partition coefficient (Wildman–Crippen LogP) is 4.08. The lowest BCUT2D eigenvalue weighted by molar-refractivity contribution is 0.642. The lowest BCUT2D eigenvalue weighted by atomic mass is 10.1. The molecule has 1 nitrogen and oxygen atoms in total. The summed E-state index contributed by atoms with van der Waals surface area (Å²) < 4.78 is 0. The van der Waals surface area contributed by atoms with Crippen molar-refractivity contribution in [2.24, 2.45) is 11.7 Å². The molecule has 0 heterocycles. The van der Waals surface area contributed by atoms with Crippen LogP contribution in [-0.4, -0.2) is 5.25 Å². The van der Waals surface area contributed by atoms with E-state index in [0.29, 0.717) is 17.7 Å². The van der Waals surface area contributed by atoms with Gasteiger partial charge in [0.05, 0.1) is 0 Å². The Balaban J connectivity index is 2.61. The van der Waals surface area contributed by atoms with E-state index < -0.39 is 0 Å². The highest BCUT2D eigenvalue weighted by Crippen LogP contribution is 2.27. The highest BCUT2D eigenvalue weighted by Gasteiger charge is 2.09. The maximum absolute atomic E-state index is 6.20. The molecular formula is C13H20ClNS. The molecule has 0 radical (unpaired) electrons. The molecule has 0 bridgehead atoms. The van der Waals surface area contributed by atoms with Crippen LogP contribution in [0.4, 0.5) is 0 Å². The summed E-state index contributed by atoms with van der Waals surface area (Å²) in [5.74, 6) is 1.68. The van der Waals surface area contributed by atoms with Gasteiger partial charge in [-0.2, -0.15) is 11.8 Å². The molecule has 1 aromatic carbocycles. The van der Waals surface area contributed by atoms with E-state index in [1.165, 1.54) is 5.56 Å². The van der Waals surface area contributed by atoms with E-state index in [4.69, 9.17) is 17.3 Å². The molecule has 2 N–H and O–H groups in total. The van der Waals surface area contributed by atoms with Gasteiger partial charge in [0.1, 0.15) is 0 Å². The molecule has 1 aromatic rings. The Morgan fingerprint density at radius 3 is 2.50 bits per heavy atom. The maximum Gasteiger partial charge on any atom is 0.0449 e. The third-order valence-corrected chi connectivity index (χ3v) is 4.69. The van der Waals surface area contributed by atoms with Crippen LogP contribution in [0.15, 0.2) is 18.2 Å². The van der Waals surface area contributed by atoms with E-state index >= 15 is 0 Å². The van der Waals surface area contributed by atoms with Crippen LogP contribution in [0.5, 0.6) is 0 Å². The molecule has 0 saturated carbocycles. The number of thioether (sulfide) groups is 1. The Bertz CT molecular complexity index is 339. The summed E-state index contributed by atoms with van der Waals surface area (Å²) >= 11 is 8.15. The number of hydrogen-bond donors (Lipinski definition) is 1.